The van der Waals surface area contributed by atoms with Gasteiger partial charge in [-0.1, -0.05) is 92.7 Å². The van der Waals surface area contributed by atoms with Crippen molar-refractivity contribution in [2.75, 3.05) is 0 Å². The molecule has 0 atom stereocenters. The highest BCUT2D eigenvalue weighted by molar-refractivity contribution is 5.94. The van der Waals surface area contributed by atoms with Crippen LogP contribution in [0.3, 0.4) is 0 Å². The fourth-order valence-corrected chi connectivity index (χ4v) is 6.10. The van der Waals surface area contributed by atoms with Gasteiger partial charge in [-0.2, -0.15) is 0 Å². The predicted molar refractivity (Wildman–Crippen MR) is 280 cm³/mol. The predicted octanol–water partition coefficient (Wildman–Crippen LogP) is 12.1. The molecular weight excluding hydrogens is 953 g/mol. The number of benzene rings is 5. The molecule has 0 aromatic heterocycles. The SMILES string of the molecule is CC(=O)Oc1cccc(C(C)C)c1C(=O)O.CC(=O)Oc1ccccc1C(=O)OC(C)C.CC(=O)Oc1ccccc1OC(C)C.CC(C)OC(=O)CCCc1ccccc1.CC(C)Oc1ccccc1C(=O)O. The largest absolute Gasteiger partial charge is 0.490 e. The number of carboxylic acids is 2. The lowest BCUT2D eigenvalue weighted by molar-refractivity contribution is -0.147. The van der Waals surface area contributed by atoms with Gasteiger partial charge in [-0.15, -0.1) is 0 Å². The third kappa shape index (κ3) is 27.0. The lowest BCUT2D eigenvalue weighted by Crippen LogP contribution is -2.14. The summed E-state index contributed by atoms with van der Waals surface area (Å²) >= 11 is 0. The molecule has 0 heterocycles. The van der Waals surface area contributed by atoms with Gasteiger partial charge in [0.1, 0.15) is 33.9 Å². The number of rotatable bonds is 17. The number of esters is 5. The zero-order valence-electron chi connectivity index (χ0n) is 44.7. The molecule has 0 unspecified atom stereocenters. The number of ether oxygens (including phenoxy) is 7. The third-order valence-electron chi connectivity index (χ3n) is 8.85. The summed E-state index contributed by atoms with van der Waals surface area (Å²) in [6, 6.07) is 35.3. The second kappa shape index (κ2) is 34.4. The van der Waals surface area contributed by atoms with Gasteiger partial charge < -0.3 is 43.4 Å². The zero-order valence-corrected chi connectivity index (χ0v) is 44.7. The maximum atomic E-state index is 11.6. The topological polar surface area (TPSA) is 225 Å². The Kier molecular flexibility index (Phi) is 29.7. The standard InChI is InChI=1S/C13H18O2.2C12H14O4.C11H14O3.C10H12O3/c1-11(2)15-13(14)10-6-9-12-7-4-3-5-8-12;1-8(2)15-12(14)10-6-4-5-7-11(10)16-9(3)13;1-7(2)9-5-4-6-10(16-8(3)13)11(9)12(14)15;1-8(2)13-10-6-4-5-7-11(10)14-9(3)12;1-7(2)13-9-6-4-3-5-8(9)10(11)12/h3-5,7-8,11H,6,9-10H2,1-2H3;4-8H,1-3H3;4-7H,1-3H3,(H,14,15);4-8H,1-3H3;3-7H,1-2H3,(H,11,12). The van der Waals surface area contributed by atoms with Crippen molar-refractivity contribution in [1.82, 2.24) is 0 Å². The Bertz CT molecular complexity index is 2540. The minimum Gasteiger partial charge on any atom is -0.490 e. The van der Waals surface area contributed by atoms with Crippen LogP contribution in [0.2, 0.25) is 0 Å². The second-order valence-corrected chi connectivity index (χ2v) is 17.4. The summed E-state index contributed by atoms with van der Waals surface area (Å²) in [4.78, 5) is 77.2. The first-order valence-corrected chi connectivity index (χ1v) is 24.0. The molecule has 400 valence electrons. The first-order chi connectivity index (χ1) is 34.8. The van der Waals surface area contributed by atoms with E-state index in [1.165, 1.54) is 38.5 Å². The van der Waals surface area contributed by atoms with Crippen molar-refractivity contribution in [1.29, 1.82) is 0 Å². The van der Waals surface area contributed by atoms with E-state index in [1.54, 1.807) is 86.6 Å². The Hall–Kier alpha value is -8.01. The Morgan fingerprint density at radius 2 is 0.865 bits per heavy atom. The number of hydrogen-bond acceptors (Lipinski definition) is 14. The van der Waals surface area contributed by atoms with Crippen molar-refractivity contribution in [3.8, 4) is 28.7 Å². The van der Waals surface area contributed by atoms with Crippen LogP contribution in [0.25, 0.3) is 0 Å². The molecule has 16 heteroatoms. The molecule has 5 aromatic carbocycles. The van der Waals surface area contributed by atoms with E-state index in [0.717, 1.165) is 12.8 Å². The van der Waals surface area contributed by atoms with Crippen LogP contribution in [0.4, 0.5) is 0 Å². The van der Waals surface area contributed by atoms with E-state index in [9.17, 15) is 33.6 Å². The number of aryl methyl sites for hydroxylation is 1. The van der Waals surface area contributed by atoms with Gasteiger partial charge in [0.2, 0.25) is 0 Å². The first-order valence-electron chi connectivity index (χ1n) is 24.0. The van der Waals surface area contributed by atoms with Gasteiger partial charge in [0, 0.05) is 27.2 Å². The van der Waals surface area contributed by atoms with Gasteiger partial charge in [-0.3, -0.25) is 19.2 Å². The van der Waals surface area contributed by atoms with Gasteiger partial charge >= 0.3 is 41.8 Å². The van der Waals surface area contributed by atoms with Crippen LogP contribution in [0, 0.1) is 0 Å². The van der Waals surface area contributed by atoms with E-state index in [-0.39, 0.29) is 70.5 Å². The molecule has 0 aliphatic heterocycles. The van der Waals surface area contributed by atoms with E-state index in [4.69, 9.17) is 43.4 Å². The van der Waals surface area contributed by atoms with Gasteiger partial charge in [0.15, 0.2) is 11.5 Å². The molecule has 0 bridgehead atoms. The van der Waals surface area contributed by atoms with Gasteiger partial charge in [0.25, 0.3) is 0 Å². The van der Waals surface area contributed by atoms with Crippen LogP contribution in [-0.4, -0.2) is 76.4 Å². The van der Waals surface area contributed by atoms with E-state index in [2.05, 4.69) is 12.1 Å². The van der Waals surface area contributed by atoms with Crippen molar-refractivity contribution in [3.63, 3.8) is 0 Å². The van der Waals surface area contributed by atoms with Crippen LogP contribution >= 0.6 is 0 Å². The Morgan fingerprint density at radius 1 is 0.432 bits per heavy atom. The van der Waals surface area contributed by atoms with Crippen molar-refractivity contribution in [2.24, 2.45) is 0 Å². The summed E-state index contributed by atoms with van der Waals surface area (Å²) in [6.07, 6.45) is 2.13. The second-order valence-electron chi connectivity index (χ2n) is 17.4. The summed E-state index contributed by atoms with van der Waals surface area (Å²) in [6.45, 7) is 22.5. The monoisotopic (exact) mass is 1020 g/mol. The van der Waals surface area contributed by atoms with Crippen molar-refractivity contribution >= 4 is 41.8 Å². The number of carboxylic acid groups (broad SMARTS) is 2. The van der Waals surface area contributed by atoms with Crippen LogP contribution in [0.5, 0.6) is 28.7 Å². The Balaban J connectivity index is 0.000000463. The number of carbonyl (C=O) groups is 7. The molecule has 0 amide bonds. The summed E-state index contributed by atoms with van der Waals surface area (Å²) in [5.74, 6) is -2.10. The Labute approximate surface area is 434 Å². The highest BCUT2D eigenvalue weighted by Gasteiger charge is 2.20. The smallest absolute Gasteiger partial charge is 0.342 e. The van der Waals surface area contributed by atoms with E-state index in [0.29, 0.717) is 29.2 Å². The lowest BCUT2D eigenvalue weighted by atomic mass is 9.96. The molecule has 16 nitrogen and oxygen atoms in total. The van der Waals surface area contributed by atoms with E-state index >= 15 is 0 Å². The molecule has 5 rings (SSSR count). The third-order valence-corrected chi connectivity index (χ3v) is 8.85. The van der Waals surface area contributed by atoms with Gasteiger partial charge in [-0.25, -0.2) is 14.4 Å². The minimum atomic E-state index is -1.08. The van der Waals surface area contributed by atoms with Crippen molar-refractivity contribution in [2.45, 2.75) is 140 Å². The quantitative estimate of drug-likeness (QED) is 0.0652. The maximum Gasteiger partial charge on any atom is 0.342 e. The van der Waals surface area contributed by atoms with Gasteiger partial charge in [-0.05, 0) is 128 Å². The van der Waals surface area contributed by atoms with Crippen LogP contribution in [0.1, 0.15) is 151 Å². The molecule has 5 aromatic rings. The van der Waals surface area contributed by atoms with Gasteiger partial charge in [0.05, 0.1) is 24.4 Å². The molecule has 0 saturated carbocycles. The summed E-state index contributed by atoms with van der Waals surface area (Å²) in [5, 5.41) is 17.9. The fourth-order valence-electron chi connectivity index (χ4n) is 6.10. The number of carbonyl (C=O) groups excluding carboxylic acids is 5. The summed E-state index contributed by atoms with van der Waals surface area (Å²) in [5.41, 5.74) is 2.45. The molecule has 0 aliphatic carbocycles. The summed E-state index contributed by atoms with van der Waals surface area (Å²) < 4.78 is 35.6. The first kappa shape index (κ1) is 64.0. The Morgan fingerprint density at radius 3 is 1.35 bits per heavy atom. The summed E-state index contributed by atoms with van der Waals surface area (Å²) in [7, 11) is 0. The van der Waals surface area contributed by atoms with Crippen molar-refractivity contribution < 1.29 is 76.9 Å². The highest BCUT2D eigenvalue weighted by Crippen LogP contribution is 2.29. The molecule has 2 N–H and O–H groups in total. The van der Waals surface area contributed by atoms with Crippen LogP contribution in [0.15, 0.2) is 121 Å². The van der Waals surface area contributed by atoms with Crippen molar-refractivity contribution in [3.05, 3.63) is 149 Å². The van der Waals surface area contributed by atoms with Crippen LogP contribution < -0.4 is 23.7 Å². The molecule has 74 heavy (non-hydrogen) atoms. The molecule has 0 spiro atoms. The number of aromatic carboxylic acids is 2. The molecule has 0 fully saturated rings. The van der Waals surface area contributed by atoms with E-state index in [1.807, 2.05) is 79.7 Å². The minimum absolute atomic E-state index is 0.00535. The number of para-hydroxylation sites is 4. The molecular formula is C58H72O16. The average Bonchev–Trinajstić information content (AvgIpc) is 3.29. The molecule has 0 saturated heterocycles. The van der Waals surface area contributed by atoms with E-state index < -0.39 is 29.8 Å². The molecule has 0 radical (unpaired) electrons. The highest BCUT2D eigenvalue weighted by atomic mass is 16.6. The molecule has 0 aliphatic rings. The number of hydrogen-bond donors (Lipinski definition) is 2. The van der Waals surface area contributed by atoms with Crippen LogP contribution in [-0.2, 0) is 35.1 Å². The average molecular weight is 1030 g/mol. The normalized spacial score (nSPS) is 10.1. The lowest BCUT2D eigenvalue weighted by Gasteiger charge is -2.13. The fraction of sp³-hybridized carbons (Fsp3) is 0.362. The zero-order chi connectivity index (χ0) is 55.9. The maximum absolute atomic E-state index is 11.6.